The van der Waals surface area contributed by atoms with E-state index in [1.165, 1.54) is 0 Å². The fraction of sp³-hybridized carbons (Fsp3) is 0.333. The van der Waals surface area contributed by atoms with Crippen molar-refractivity contribution in [2.45, 2.75) is 19.8 Å². The number of rotatable bonds is 5. The molecule has 0 bridgehead atoms. The van der Waals surface area contributed by atoms with Gasteiger partial charge < -0.3 is 14.7 Å². The van der Waals surface area contributed by atoms with E-state index in [9.17, 15) is 9.90 Å². The molecule has 2 aromatic carbocycles. The molecule has 1 aliphatic heterocycles. The minimum Gasteiger partial charge on any atom is -0.497 e. The zero-order chi connectivity index (χ0) is 21.1. The minimum absolute atomic E-state index is 0.0757. The Bertz CT molecular complexity index is 1010. The molecule has 1 atom stereocenters. The highest BCUT2D eigenvalue weighted by molar-refractivity contribution is 5.93. The number of methoxy groups -OCH3 is 1. The predicted molar refractivity (Wildman–Crippen MR) is 116 cm³/mol. The fourth-order valence-corrected chi connectivity index (χ4v) is 4.00. The number of hydrogen-bond acceptors (Lipinski definition) is 4. The molecule has 1 aromatic heterocycles. The van der Waals surface area contributed by atoms with E-state index >= 15 is 0 Å². The number of aliphatic hydroxyl groups excluding tert-OH is 1. The standard InChI is InChI=1S/C24H27N3O3/c1-24(17-28)13-6-14-26(16-24)23(29)21-15-22(18-9-11-20(30-2)12-10-18)27(25-21)19-7-4-3-5-8-19/h3-5,7-12,15,28H,6,13-14,16-17H2,1-2H3/t24-/m0/s1. The molecular weight excluding hydrogens is 378 g/mol. The maximum absolute atomic E-state index is 13.3. The first-order valence-corrected chi connectivity index (χ1v) is 10.2. The topological polar surface area (TPSA) is 67.6 Å². The number of aromatic nitrogens is 2. The molecule has 0 saturated carbocycles. The first-order valence-electron chi connectivity index (χ1n) is 10.2. The van der Waals surface area contributed by atoms with E-state index in [-0.39, 0.29) is 17.9 Å². The number of hydrogen-bond donors (Lipinski definition) is 1. The summed E-state index contributed by atoms with van der Waals surface area (Å²) in [6, 6.07) is 19.4. The summed E-state index contributed by atoms with van der Waals surface area (Å²) in [5, 5.41) is 14.4. The molecule has 1 aliphatic rings. The van der Waals surface area contributed by atoms with Crippen molar-refractivity contribution in [1.29, 1.82) is 0 Å². The van der Waals surface area contributed by atoms with E-state index < -0.39 is 0 Å². The molecular formula is C24H27N3O3. The number of benzene rings is 2. The largest absolute Gasteiger partial charge is 0.497 e. The number of aliphatic hydroxyl groups is 1. The molecule has 4 rings (SSSR count). The van der Waals surface area contributed by atoms with Crippen molar-refractivity contribution >= 4 is 5.91 Å². The summed E-state index contributed by atoms with van der Waals surface area (Å²) in [5.41, 5.74) is 2.83. The van der Waals surface area contributed by atoms with Gasteiger partial charge in [-0.25, -0.2) is 4.68 Å². The fourth-order valence-electron chi connectivity index (χ4n) is 4.00. The number of likely N-dealkylation sites (tertiary alicyclic amines) is 1. The third-order valence-electron chi connectivity index (χ3n) is 5.76. The van der Waals surface area contributed by atoms with Gasteiger partial charge in [0.25, 0.3) is 5.91 Å². The Morgan fingerprint density at radius 3 is 2.57 bits per heavy atom. The second kappa shape index (κ2) is 8.32. The molecule has 1 fully saturated rings. The van der Waals surface area contributed by atoms with Crippen LogP contribution in [0.5, 0.6) is 5.75 Å². The Morgan fingerprint density at radius 2 is 1.90 bits per heavy atom. The third kappa shape index (κ3) is 3.96. The number of para-hydroxylation sites is 1. The normalized spacial score (nSPS) is 19.0. The molecule has 0 radical (unpaired) electrons. The maximum Gasteiger partial charge on any atom is 0.274 e. The Kier molecular flexibility index (Phi) is 5.59. The van der Waals surface area contributed by atoms with Crippen LogP contribution >= 0.6 is 0 Å². The van der Waals surface area contributed by atoms with Gasteiger partial charge in [-0.3, -0.25) is 4.79 Å². The van der Waals surface area contributed by atoms with Crippen LogP contribution in [0, 0.1) is 5.41 Å². The van der Waals surface area contributed by atoms with E-state index in [1.807, 2.05) is 77.2 Å². The first kappa shape index (κ1) is 20.2. The van der Waals surface area contributed by atoms with Crippen LogP contribution < -0.4 is 4.74 Å². The summed E-state index contributed by atoms with van der Waals surface area (Å²) in [4.78, 5) is 15.1. The molecule has 0 aliphatic carbocycles. The molecule has 0 unspecified atom stereocenters. The summed E-state index contributed by atoms with van der Waals surface area (Å²) in [6.07, 6.45) is 1.80. The molecule has 30 heavy (non-hydrogen) atoms. The molecule has 6 heteroatoms. The molecule has 0 spiro atoms. The van der Waals surface area contributed by atoms with Gasteiger partial charge in [-0.05, 0) is 55.3 Å². The van der Waals surface area contributed by atoms with Crippen LogP contribution in [0.1, 0.15) is 30.3 Å². The zero-order valence-corrected chi connectivity index (χ0v) is 17.4. The van der Waals surface area contributed by atoms with E-state index in [0.29, 0.717) is 18.8 Å². The number of amides is 1. The average molecular weight is 405 g/mol. The highest BCUT2D eigenvalue weighted by atomic mass is 16.5. The third-order valence-corrected chi connectivity index (χ3v) is 5.76. The maximum atomic E-state index is 13.3. The lowest BCUT2D eigenvalue weighted by atomic mass is 9.82. The van der Waals surface area contributed by atoms with Crippen LogP contribution in [0.2, 0.25) is 0 Å². The van der Waals surface area contributed by atoms with Gasteiger partial charge in [0.05, 0.1) is 25.1 Å². The van der Waals surface area contributed by atoms with Gasteiger partial charge in [0.2, 0.25) is 0 Å². The zero-order valence-electron chi connectivity index (χ0n) is 17.4. The van der Waals surface area contributed by atoms with Crippen molar-refractivity contribution in [3.63, 3.8) is 0 Å². The van der Waals surface area contributed by atoms with Crippen LogP contribution in [0.25, 0.3) is 16.9 Å². The predicted octanol–water partition coefficient (Wildman–Crippen LogP) is 3.78. The number of ether oxygens (including phenoxy) is 1. The number of carbonyl (C=O) groups excluding carboxylic acids is 1. The van der Waals surface area contributed by atoms with Gasteiger partial charge in [-0.2, -0.15) is 5.10 Å². The van der Waals surface area contributed by atoms with E-state index in [4.69, 9.17) is 4.74 Å². The summed E-state index contributed by atoms with van der Waals surface area (Å²) >= 11 is 0. The van der Waals surface area contributed by atoms with Crippen molar-refractivity contribution in [3.8, 4) is 22.7 Å². The second-order valence-corrected chi connectivity index (χ2v) is 8.19. The molecule has 156 valence electrons. The van der Waals surface area contributed by atoms with Crippen molar-refractivity contribution in [1.82, 2.24) is 14.7 Å². The summed E-state index contributed by atoms with van der Waals surface area (Å²) in [7, 11) is 1.64. The number of nitrogens with zero attached hydrogens (tertiary/aromatic N) is 3. The highest BCUT2D eigenvalue weighted by Crippen LogP contribution is 2.31. The first-order chi connectivity index (χ1) is 14.5. The molecule has 2 heterocycles. The van der Waals surface area contributed by atoms with Crippen molar-refractivity contribution in [2.75, 3.05) is 26.8 Å². The Hall–Kier alpha value is -3.12. The second-order valence-electron chi connectivity index (χ2n) is 8.19. The average Bonchev–Trinajstić information content (AvgIpc) is 3.25. The van der Waals surface area contributed by atoms with Gasteiger partial charge in [-0.1, -0.05) is 25.1 Å². The molecule has 1 N–H and O–H groups in total. The van der Waals surface area contributed by atoms with Gasteiger partial charge in [0.1, 0.15) is 5.75 Å². The highest BCUT2D eigenvalue weighted by Gasteiger charge is 2.34. The van der Waals surface area contributed by atoms with Gasteiger partial charge >= 0.3 is 0 Å². The van der Waals surface area contributed by atoms with E-state index in [2.05, 4.69) is 5.10 Å². The lowest BCUT2D eigenvalue weighted by molar-refractivity contribution is 0.0353. The van der Waals surface area contributed by atoms with Crippen LogP contribution in [0.15, 0.2) is 60.7 Å². The number of piperidine rings is 1. The monoisotopic (exact) mass is 405 g/mol. The quantitative estimate of drug-likeness (QED) is 0.701. The molecule has 1 amide bonds. The summed E-state index contributed by atoms with van der Waals surface area (Å²) in [6.45, 7) is 3.33. The van der Waals surface area contributed by atoms with Gasteiger partial charge in [0, 0.05) is 24.1 Å². The van der Waals surface area contributed by atoms with Crippen molar-refractivity contribution in [3.05, 3.63) is 66.4 Å². The number of carbonyl (C=O) groups is 1. The van der Waals surface area contributed by atoms with Crippen LogP contribution in [0.3, 0.4) is 0 Å². The summed E-state index contributed by atoms with van der Waals surface area (Å²) < 4.78 is 7.08. The molecule has 6 nitrogen and oxygen atoms in total. The van der Waals surface area contributed by atoms with E-state index in [1.54, 1.807) is 7.11 Å². The Morgan fingerprint density at radius 1 is 1.17 bits per heavy atom. The smallest absolute Gasteiger partial charge is 0.274 e. The minimum atomic E-state index is -0.255. The summed E-state index contributed by atoms with van der Waals surface area (Å²) in [5.74, 6) is 0.677. The van der Waals surface area contributed by atoms with Gasteiger partial charge in [-0.15, -0.1) is 0 Å². The van der Waals surface area contributed by atoms with Gasteiger partial charge in [0.15, 0.2) is 5.69 Å². The Balaban J connectivity index is 1.72. The lowest BCUT2D eigenvalue weighted by Gasteiger charge is -2.39. The Labute approximate surface area is 176 Å². The van der Waals surface area contributed by atoms with Crippen molar-refractivity contribution in [2.24, 2.45) is 5.41 Å². The van der Waals surface area contributed by atoms with Crippen LogP contribution in [0.4, 0.5) is 0 Å². The van der Waals surface area contributed by atoms with Crippen molar-refractivity contribution < 1.29 is 14.6 Å². The van der Waals surface area contributed by atoms with Crippen LogP contribution in [-0.2, 0) is 0 Å². The molecule has 1 saturated heterocycles. The van der Waals surface area contributed by atoms with E-state index in [0.717, 1.165) is 35.5 Å². The SMILES string of the molecule is COc1ccc(-c2cc(C(=O)N3CCC[C@](C)(CO)C3)nn2-c2ccccc2)cc1. The molecule has 3 aromatic rings. The lowest BCUT2D eigenvalue weighted by Crippen LogP contribution is -2.46. The van der Waals surface area contributed by atoms with Crippen LogP contribution in [-0.4, -0.2) is 52.5 Å².